The second kappa shape index (κ2) is 16.6. The average molecular weight is 562 g/mol. The molecule has 0 saturated heterocycles. The Bertz CT molecular complexity index is 987. The minimum atomic E-state index is -0.986. The maximum atomic E-state index is 13.4. The van der Waals surface area contributed by atoms with Crippen molar-refractivity contribution in [2.24, 2.45) is 11.8 Å². The van der Waals surface area contributed by atoms with Gasteiger partial charge >= 0.3 is 12.1 Å². The zero-order valence-corrected chi connectivity index (χ0v) is 25.2. The first-order chi connectivity index (χ1) is 18.6. The third-order valence-electron chi connectivity index (χ3n) is 5.83. The molecule has 224 valence electrons. The molecular formula is C30H47N3O7. The fourth-order valence-electron chi connectivity index (χ4n) is 4.03. The lowest BCUT2D eigenvalue weighted by molar-refractivity contribution is -0.145. The van der Waals surface area contributed by atoms with Crippen LogP contribution in [0.1, 0.15) is 79.7 Å². The monoisotopic (exact) mass is 561 g/mol. The number of nitrogens with one attached hydrogen (secondary N) is 3. The van der Waals surface area contributed by atoms with Crippen LogP contribution in [-0.2, 0) is 35.1 Å². The third-order valence-corrected chi connectivity index (χ3v) is 5.83. The van der Waals surface area contributed by atoms with Gasteiger partial charge in [0, 0.05) is 19.3 Å². The second-order valence-electron chi connectivity index (χ2n) is 11.8. The van der Waals surface area contributed by atoms with Crippen LogP contribution in [0.3, 0.4) is 0 Å². The van der Waals surface area contributed by atoms with Gasteiger partial charge in [-0.1, -0.05) is 58.0 Å². The van der Waals surface area contributed by atoms with Crippen LogP contribution in [0, 0.1) is 11.8 Å². The van der Waals surface area contributed by atoms with E-state index in [2.05, 4.69) is 16.0 Å². The molecule has 0 bridgehead atoms. The first kappa shape index (κ1) is 34.6. The van der Waals surface area contributed by atoms with Crippen molar-refractivity contribution < 1.29 is 33.4 Å². The van der Waals surface area contributed by atoms with Gasteiger partial charge in [-0.2, -0.15) is 0 Å². The van der Waals surface area contributed by atoms with Crippen LogP contribution in [0.4, 0.5) is 4.79 Å². The smallest absolute Gasteiger partial charge is 0.408 e. The minimum Gasteiger partial charge on any atom is -0.467 e. The van der Waals surface area contributed by atoms with Gasteiger partial charge in [-0.15, -0.1) is 0 Å². The van der Waals surface area contributed by atoms with Gasteiger partial charge in [-0.3, -0.25) is 14.4 Å². The second-order valence-corrected chi connectivity index (χ2v) is 11.8. The molecule has 0 radical (unpaired) electrons. The Morgan fingerprint density at radius 3 is 1.88 bits per heavy atom. The molecule has 10 heteroatoms. The normalized spacial score (nSPS) is 13.7. The Labute approximate surface area is 238 Å². The fraction of sp³-hybridized carbons (Fsp3) is 0.633. The van der Waals surface area contributed by atoms with Crippen molar-refractivity contribution in [3.05, 3.63) is 35.9 Å². The van der Waals surface area contributed by atoms with Crippen LogP contribution in [0.15, 0.2) is 30.3 Å². The number of amides is 3. The zero-order valence-electron chi connectivity index (χ0n) is 25.2. The van der Waals surface area contributed by atoms with Gasteiger partial charge in [0.05, 0.1) is 13.2 Å². The van der Waals surface area contributed by atoms with Crippen LogP contribution in [0.25, 0.3) is 0 Å². The molecule has 1 aromatic carbocycles. The molecule has 0 heterocycles. The SMILES string of the molecule is COC(=O)[C@H](CC(C)C)NC(=O)CCC(=O)[C@H](CC(C)C)NC(=O)[C@H](Cc1ccccc1)NC(=O)OC(C)(C)C. The summed E-state index contributed by atoms with van der Waals surface area (Å²) in [5.74, 6) is -1.61. The lowest BCUT2D eigenvalue weighted by atomic mass is 9.96. The van der Waals surface area contributed by atoms with Crippen LogP contribution in [0.2, 0.25) is 0 Å². The number of esters is 1. The van der Waals surface area contributed by atoms with Gasteiger partial charge in [0.25, 0.3) is 0 Å². The van der Waals surface area contributed by atoms with E-state index < -0.39 is 47.6 Å². The number of methoxy groups -OCH3 is 1. The van der Waals surface area contributed by atoms with Crippen molar-refractivity contribution in [3.63, 3.8) is 0 Å². The van der Waals surface area contributed by atoms with Crippen molar-refractivity contribution >= 4 is 29.7 Å². The minimum absolute atomic E-state index is 0.0733. The summed E-state index contributed by atoms with van der Waals surface area (Å²) < 4.78 is 10.1. The molecule has 3 N–H and O–H groups in total. The van der Waals surface area contributed by atoms with E-state index >= 15 is 0 Å². The van der Waals surface area contributed by atoms with Gasteiger partial charge in [-0.05, 0) is 51.0 Å². The molecule has 1 rings (SSSR count). The maximum absolute atomic E-state index is 13.4. The number of carbonyl (C=O) groups excluding carboxylic acids is 5. The highest BCUT2D eigenvalue weighted by Crippen LogP contribution is 2.13. The summed E-state index contributed by atoms with van der Waals surface area (Å²) in [4.78, 5) is 63.6. The number of benzene rings is 1. The standard InChI is InChI=1S/C30H47N3O7/c1-19(2)16-22(25(34)14-15-26(35)31-24(17-20(3)4)28(37)39-8)32-27(36)23(18-21-12-10-9-11-13-21)33-29(38)40-30(5,6)7/h9-13,19-20,22-24H,14-18H2,1-8H3,(H,31,35)(H,32,36)(H,33,38)/t22-,23-,24-/m0/s1. The van der Waals surface area contributed by atoms with Crippen LogP contribution in [0.5, 0.6) is 0 Å². The molecule has 1 aromatic rings. The number of carbonyl (C=O) groups is 5. The van der Waals surface area contributed by atoms with Gasteiger partial charge in [-0.25, -0.2) is 9.59 Å². The topological polar surface area (TPSA) is 140 Å². The van der Waals surface area contributed by atoms with Gasteiger partial charge in [0.2, 0.25) is 11.8 Å². The average Bonchev–Trinajstić information content (AvgIpc) is 2.84. The quantitative estimate of drug-likeness (QED) is 0.277. The number of ketones is 1. The van der Waals surface area contributed by atoms with Crippen molar-refractivity contribution in [1.82, 2.24) is 16.0 Å². The van der Waals surface area contributed by atoms with Crippen LogP contribution < -0.4 is 16.0 Å². The van der Waals surface area contributed by atoms with Crippen molar-refractivity contribution in [2.75, 3.05) is 7.11 Å². The van der Waals surface area contributed by atoms with Crippen LogP contribution >= 0.6 is 0 Å². The van der Waals surface area contributed by atoms with E-state index in [1.54, 1.807) is 20.8 Å². The molecule has 3 atom stereocenters. The van der Waals surface area contributed by atoms with Crippen molar-refractivity contribution in [2.45, 2.75) is 104 Å². The van der Waals surface area contributed by atoms with E-state index in [-0.39, 0.29) is 36.9 Å². The predicted octanol–water partition coefficient (Wildman–Crippen LogP) is 3.71. The summed E-state index contributed by atoms with van der Waals surface area (Å²) in [5.41, 5.74) is 0.0695. The highest BCUT2D eigenvalue weighted by atomic mass is 16.6. The highest BCUT2D eigenvalue weighted by Gasteiger charge is 2.30. The first-order valence-corrected chi connectivity index (χ1v) is 13.8. The van der Waals surface area contributed by atoms with Gasteiger partial charge in [0.15, 0.2) is 5.78 Å². The Hall–Kier alpha value is -3.43. The molecule has 0 fully saturated rings. The molecule has 0 aliphatic heterocycles. The molecule has 0 aliphatic carbocycles. The Morgan fingerprint density at radius 1 is 0.775 bits per heavy atom. The number of hydrogen-bond acceptors (Lipinski definition) is 7. The summed E-state index contributed by atoms with van der Waals surface area (Å²) in [7, 11) is 1.26. The third kappa shape index (κ3) is 14.1. The Kier molecular flexibility index (Phi) is 14.4. The molecule has 0 aliphatic rings. The van der Waals surface area contributed by atoms with E-state index in [0.717, 1.165) is 5.56 Å². The summed E-state index contributed by atoms with van der Waals surface area (Å²) >= 11 is 0. The molecule has 0 unspecified atom stereocenters. The van der Waals surface area contributed by atoms with E-state index in [1.807, 2.05) is 58.0 Å². The summed E-state index contributed by atoms with van der Waals surface area (Å²) in [6, 6.07) is 6.56. The largest absolute Gasteiger partial charge is 0.467 e. The molecule has 10 nitrogen and oxygen atoms in total. The number of alkyl carbamates (subject to hydrolysis) is 1. The maximum Gasteiger partial charge on any atom is 0.408 e. The molecule has 40 heavy (non-hydrogen) atoms. The predicted molar refractivity (Wildman–Crippen MR) is 152 cm³/mol. The number of Topliss-reactive ketones (excluding diaryl/α,β-unsaturated/α-hetero) is 1. The number of ether oxygens (including phenoxy) is 2. The van der Waals surface area contributed by atoms with E-state index in [0.29, 0.717) is 12.8 Å². The molecule has 0 saturated carbocycles. The highest BCUT2D eigenvalue weighted by molar-refractivity contribution is 5.94. The summed E-state index contributed by atoms with van der Waals surface area (Å²) in [5, 5.41) is 8.07. The first-order valence-electron chi connectivity index (χ1n) is 13.8. The lowest BCUT2D eigenvalue weighted by Gasteiger charge is -2.26. The summed E-state index contributed by atoms with van der Waals surface area (Å²) in [6.45, 7) is 12.9. The lowest BCUT2D eigenvalue weighted by Crippen LogP contribution is -2.53. The molecule has 0 spiro atoms. The van der Waals surface area contributed by atoms with Crippen molar-refractivity contribution in [3.8, 4) is 0 Å². The molecular weight excluding hydrogens is 514 g/mol. The Balaban J connectivity index is 2.96. The number of hydrogen-bond donors (Lipinski definition) is 3. The van der Waals surface area contributed by atoms with E-state index in [4.69, 9.17) is 9.47 Å². The van der Waals surface area contributed by atoms with Gasteiger partial charge in [0.1, 0.15) is 17.7 Å². The number of rotatable bonds is 15. The molecule has 0 aromatic heterocycles. The van der Waals surface area contributed by atoms with Crippen molar-refractivity contribution in [1.29, 1.82) is 0 Å². The summed E-state index contributed by atoms with van der Waals surface area (Å²) in [6.07, 6.45) is -0.0449. The van der Waals surface area contributed by atoms with E-state index in [1.165, 1.54) is 7.11 Å². The van der Waals surface area contributed by atoms with E-state index in [9.17, 15) is 24.0 Å². The molecule has 3 amide bonds. The zero-order chi connectivity index (χ0) is 30.5. The van der Waals surface area contributed by atoms with Crippen LogP contribution in [-0.4, -0.2) is 60.5 Å². The fourth-order valence-corrected chi connectivity index (χ4v) is 4.03. The Morgan fingerprint density at radius 2 is 1.35 bits per heavy atom. The van der Waals surface area contributed by atoms with Gasteiger partial charge < -0.3 is 25.4 Å².